The van der Waals surface area contributed by atoms with Gasteiger partial charge in [-0.3, -0.25) is 9.69 Å². The Bertz CT molecular complexity index is 203. The molecule has 1 saturated heterocycles. The van der Waals surface area contributed by atoms with Crippen LogP contribution in [0.15, 0.2) is 0 Å². The topological polar surface area (TPSA) is 35.6 Å². The van der Waals surface area contributed by atoms with Gasteiger partial charge >= 0.3 is 0 Å². The first kappa shape index (κ1) is 12.5. The molecule has 1 aliphatic heterocycles. The molecule has 1 heterocycles. The number of carbonyl (C=O) groups excluding carboxylic acids is 1. The van der Waals surface area contributed by atoms with Crippen LogP contribution in [0.3, 0.4) is 0 Å². The Kier molecular flexibility index (Phi) is 5.05. The molecule has 4 nitrogen and oxygen atoms in total. The highest BCUT2D eigenvalue weighted by Crippen LogP contribution is 2.06. The number of nitrogens with zero attached hydrogens (tertiary/aromatic N) is 2. The van der Waals surface area contributed by atoms with E-state index >= 15 is 0 Å². The van der Waals surface area contributed by atoms with Gasteiger partial charge in [0.1, 0.15) is 0 Å². The fraction of sp³-hybridized carbons (Fsp3) is 0.909. The predicted octanol–water partition coefficient (Wildman–Crippen LogP) is 0.395. The van der Waals surface area contributed by atoms with E-state index in [1.807, 2.05) is 11.9 Å². The largest absolute Gasteiger partial charge is 0.340 e. The zero-order chi connectivity index (χ0) is 11.3. The van der Waals surface area contributed by atoms with E-state index in [0.29, 0.717) is 12.5 Å². The molecule has 0 bridgehead atoms. The van der Waals surface area contributed by atoms with Crippen molar-refractivity contribution < 1.29 is 6.22 Å². The van der Waals surface area contributed by atoms with Crippen LogP contribution in [0.4, 0.5) is 0 Å². The summed E-state index contributed by atoms with van der Waals surface area (Å²) in [5.41, 5.74) is 0. The van der Waals surface area contributed by atoms with Crippen molar-refractivity contribution in [3.63, 3.8) is 0 Å². The fourth-order valence-corrected chi connectivity index (χ4v) is 1.88. The molecule has 0 atom stereocenters. The van der Waals surface area contributed by atoms with Gasteiger partial charge in [-0.15, -0.1) is 0 Å². The Morgan fingerprint density at radius 3 is 2.40 bits per heavy atom. The quantitative estimate of drug-likeness (QED) is 0.737. The van der Waals surface area contributed by atoms with Crippen LogP contribution in [-0.4, -0.2) is 61.5 Å². The van der Waals surface area contributed by atoms with Gasteiger partial charge in [0.15, 0.2) is 0 Å². The van der Waals surface area contributed by atoms with Crippen molar-refractivity contribution in [3.05, 3.63) is 0 Å². The van der Waals surface area contributed by atoms with E-state index in [1.165, 1.54) is 0 Å². The van der Waals surface area contributed by atoms with Gasteiger partial charge in [0.25, 0.3) is 0 Å². The number of nitrogens with one attached hydrogen (secondary N) is 1. The third-order valence-corrected chi connectivity index (χ3v) is 2.99. The second-order valence-electron chi connectivity index (χ2n) is 4.36. The van der Waals surface area contributed by atoms with Crippen LogP contribution < -0.4 is 5.32 Å². The van der Waals surface area contributed by atoms with E-state index in [4.69, 9.17) is 0 Å². The summed E-state index contributed by atoms with van der Waals surface area (Å²) in [5, 5.41) is 3.01. The van der Waals surface area contributed by atoms with Crippen molar-refractivity contribution in [2.24, 2.45) is 0 Å². The molecule has 1 N–H and O–H groups in total. The summed E-state index contributed by atoms with van der Waals surface area (Å²) < 4.78 is 0. The van der Waals surface area contributed by atoms with E-state index in [0.717, 1.165) is 32.7 Å². The molecule has 0 saturated carbocycles. The van der Waals surface area contributed by atoms with Crippen LogP contribution in [0.2, 0.25) is 0 Å². The zero-order valence-electron chi connectivity index (χ0n) is 10.1. The van der Waals surface area contributed by atoms with Gasteiger partial charge in [-0.05, 0) is 20.9 Å². The molecule has 1 aliphatic rings. The Balaban J connectivity index is 0.00000225. The summed E-state index contributed by atoms with van der Waals surface area (Å²) in [6.07, 6.45) is 0.623. The van der Waals surface area contributed by atoms with Crippen LogP contribution >= 0.6 is 0 Å². The molecule has 0 aromatic heterocycles. The third-order valence-electron chi connectivity index (χ3n) is 2.99. The Labute approximate surface area is 94.1 Å². The monoisotopic (exact) mass is 215 g/mol. The average Bonchev–Trinajstić information content (AvgIpc) is 2.26. The van der Waals surface area contributed by atoms with Crippen LogP contribution in [0, 0.1) is 0 Å². The molecular weight excluding hydrogens is 190 g/mol. The Morgan fingerprint density at radius 2 is 1.93 bits per heavy atom. The summed E-state index contributed by atoms with van der Waals surface area (Å²) in [7, 11) is 1.88. The van der Waals surface area contributed by atoms with Gasteiger partial charge in [0.05, 0.1) is 0 Å². The number of hydrogen-bond donors (Lipinski definition) is 1. The number of rotatable bonds is 4. The molecule has 1 amide bonds. The first-order valence-corrected chi connectivity index (χ1v) is 5.81. The van der Waals surface area contributed by atoms with Crippen molar-refractivity contribution in [2.75, 3.05) is 39.8 Å². The van der Waals surface area contributed by atoms with Gasteiger partial charge < -0.3 is 10.2 Å². The number of piperazine rings is 1. The molecule has 0 radical (unpaired) electrons. The summed E-state index contributed by atoms with van der Waals surface area (Å²) in [5.74, 6) is 0.285. The summed E-state index contributed by atoms with van der Waals surface area (Å²) in [4.78, 5) is 16.1. The molecule has 4 heteroatoms. The summed E-state index contributed by atoms with van der Waals surface area (Å²) >= 11 is 0. The maximum Gasteiger partial charge on any atom is 0.223 e. The van der Waals surface area contributed by atoms with Gasteiger partial charge in [0.2, 0.25) is 5.91 Å². The van der Waals surface area contributed by atoms with Gasteiger partial charge in [-0.25, -0.2) is 0 Å². The molecule has 0 aromatic carbocycles. The lowest BCUT2D eigenvalue weighted by molar-refractivity contribution is -0.133. The number of hydrogen-bond acceptors (Lipinski definition) is 3. The maximum absolute atomic E-state index is 11.7. The molecule has 0 unspecified atom stereocenters. The molecule has 1 rings (SSSR count). The first-order valence-electron chi connectivity index (χ1n) is 5.81. The zero-order valence-corrected chi connectivity index (χ0v) is 10.1. The maximum atomic E-state index is 11.7. The minimum absolute atomic E-state index is 0. The molecule has 0 spiro atoms. The fourth-order valence-electron chi connectivity index (χ4n) is 1.88. The van der Waals surface area contributed by atoms with Crippen molar-refractivity contribution in [2.45, 2.75) is 26.3 Å². The highest BCUT2D eigenvalue weighted by molar-refractivity contribution is 5.76. The second-order valence-corrected chi connectivity index (χ2v) is 4.36. The third kappa shape index (κ3) is 3.80. The van der Waals surface area contributed by atoms with Crippen LogP contribution in [0.25, 0.3) is 0 Å². The normalized spacial score (nSPS) is 18.5. The molecule has 1 fully saturated rings. The average molecular weight is 215 g/mol. The molecule has 0 aromatic rings. The second kappa shape index (κ2) is 6.08. The van der Waals surface area contributed by atoms with E-state index in [9.17, 15) is 4.79 Å². The first-order chi connectivity index (χ1) is 7.15. The van der Waals surface area contributed by atoms with Crippen LogP contribution in [0.5, 0.6) is 0 Å². The summed E-state index contributed by atoms with van der Waals surface area (Å²) in [6, 6.07) is 0.597. The molecular formula is C11H25N3O. The Morgan fingerprint density at radius 1 is 1.33 bits per heavy atom. The van der Waals surface area contributed by atoms with Crippen molar-refractivity contribution >= 4 is 5.91 Å². The van der Waals surface area contributed by atoms with Crippen LogP contribution in [-0.2, 0) is 4.79 Å². The SMILES string of the molecule is CNCCC(=O)N1CCN(C(C)C)CC1.[HH]. The smallest absolute Gasteiger partial charge is 0.223 e. The minimum atomic E-state index is 0. The highest BCUT2D eigenvalue weighted by atomic mass is 16.2. The predicted molar refractivity (Wildman–Crippen MR) is 63.9 cm³/mol. The minimum Gasteiger partial charge on any atom is -0.340 e. The number of carbonyl (C=O) groups is 1. The van der Waals surface area contributed by atoms with Crippen molar-refractivity contribution in [3.8, 4) is 0 Å². The lowest BCUT2D eigenvalue weighted by Gasteiger charge is -2.37. The lowest BCUT2D eigenvalue weighted by Crippen LogP contribution is -2.51. The summed E-state index contributed by atoms with van der Waals surface area (Å²) in [6.45, 7) is 9.01. The Hall–Kier alpha value is -0.610. The van der Waals surface area contributed by atoms with Gasteiger partial charge in [-0.2, -0.15) is 0 Å². The van der Waals surface area contributed by atoms with E-state index in [-0.39, 0.29) is 7.33 Å². The van der Waals surface area contributed by atoms with Crippen molar-refractivity contribution in [1.82, 2.24) is 15.1 Å². The standard InChI is InChI=1S/C11H23N3O.H2/c1-10(2)13-6-8-14(9-7-13)11(15)4-5-12-3;/h10,12H,4-9H2,1-3H3;1H. The van der Waals surface area contributed by atoms with E-state index in [2.05, 4.69) is 24.1 Å². The number of amides is 1. The lowest BCUT2D eigenvalue weighted by atomic mass is 10.2. The molecule has 15 heavy (non-hydrogen) atoms. The van der Waals surface area contributed by atoms with Gasteiger partial charge in [-0.1, -0.05) is 0 Å². The van der Waals surface area contributed by atoms with E-state index < -0.39 is 0 Å². The molecule has 0 aliphatic carbocycles. The van der Waals surface area contributed by atoms with Crippen molar-refractivity contribution in [1.29, 1.82) is 0 Å². The highest BCUT2D eigenvalue weighted by Gasteiger charge is 2.21. The van der Waals surface area contributed by atoms with E-state index in [1.54, 1.807) is 0 Å². The van der Waals surface area contributed by atoms with Crippen LogP contribution in [0.1, 0.15) is 21.7 Å². The molecule has 90 valence electrons. The van der Waals surface area contributed by atoms with Gasteiger partial charge in [0, 0.05) is 46.6 Å².